The average molecular weight is 805 g/mol. The Kier molecular flexibility index (Phi) is 11.2. The molecule has 2 atom stereocenters. The lowest BCUT2D eigenvalue weighted by atomic mass is 9.99. The van der Waals surface area contributed by atoms with Crippen LogP contribution in [0.4, 0.5) is 0 Å². The lowest BCUT2D eigenvalue weighted by Gasteiger charge is -2.27. The van der Waals surface area contributed by atoms with Gasteiger partial charge in [-0.15, -0.1) is 5.10 Å². The smallest absolute Gasteiger partial charge is 0.262 e. The summed E-state index contributed by atoms with van der Waals surface area (Å²) in [5.74, 6) is -0.354. The summed E-state index contributed by atoms with van der Waals surface area (Å²) in [4.78, 5) is 70.1. The molecule has 306 valence electrons. The van der Waals surface area contributed by atoms with E-state index >= 15 is 0 Å². The Morgan fingerprint density at radius 3 is 2.46 bits per heavy atom. The highest BCUT2D eigenvalue weighted by molar-refractivity contribution is 6.23. The lowest BCUT2D eigenvalue weighted by Crippen LogP contribution is -2.54. The molecule has 0 saturated carbocycles. The van der Waals surface area contributed by atoms with Crippen LogP contribution in [0.2, 0.25) is 0 Å². The molecule has 59 heavy (non-hydrogen) atoms. The van der Waals surface area contributed by atoms with Gasteiger partial charge in [0.05, 0.1) is 61.8 Å². The van der Waals surface area contributed by atoms with Gasteiger partial charge in [-0.05, 0) is 73.0 Å². The topological polar surface area (TPSA) is 189 Å². The molecule has 5 aromatic rings. The van der Waals surface area contributed by atoms with Crippen molar-refractivity contribution in [2.45, 2.75) is 63.9 Å². The normalized spacial score (nSPS) is 18.1. The van der Waals surface area contributed by atoms with Gasteiger partial charge in [-0.2, -0.15) is 0 Å². The second-order valence-electron chi connectivity index (χ2n) is 14.9. The molecular weight excluding hydrogens is 761 g/mol. The monoisotopic (exact) mass is 804 g/mol. The minimum absolute atomic E-state index is 0.0206. The van der Waals surface area contributed by atoms with Crippen molar-refractivity contribution in [3.8, 4) is 28.4 Å². The van der Waals surface area contributed by atoms with E-state index in [4.69, 9.17) is 18.9 Å². The fourth-order valence-electron chi connectivity index (χ4n) is 7.96. The number of carbonyl (C=O) groups excluding carboxylic acids is 4. The molecule has 0 radical (unpaired) electrons. The number of piperidine rings is 1. The van der Waals surface area contributed by atoms with Gasteiger partial charge in [-0.1, -0.05) is 5.21 Å². The van der Waals surface area contributed by atoms with Gasteiger partial charge in [0.25, 0.3) is 17.4 Å². The summed E-state index contributed by atoms with van der Waals surface area (Å²) in [6, 6.07) is 9.50. The van der Waals surface area contributed by atoms with Crippen LogP contribution >= 0.6 is 0 Å². The predicted octanol–water partition coefficient (Wildman–Crippen LogP) is 3.26. The van der Waals surface area contributed by atoms with Crippen molar-refractivity contribution in [1.29, 1.82) is 0 Å². The van der Waals surface area contributed by atoms with E-state index in [1.807, 2.05) is 30.6 Å². The summed E-state index contributed by atoms with van der Waals surface area (Å²) in [7, 11) is 5.02. The zero-order valence-corrected chi connectivity index (χ0v) is 33.0. The number of aryl methyl sites for hydroxylation is 2. The van der Waals surface area contributed by atoms with E-state index in [0.29, 0.717) is 55.4 Å². The number of likely N-dealkylation sites (tertiary alicyclic amines) is 1. The molecule has 0 aliphatic carbocycles. The molecular formula is C42H44N8O9. The number of amides is 4. The third-order valence-corrected chi connectivity index (χ3v) is 11.0. The Labute approximate surface area is 338 Å². The Bertz CT molecular complexity index is 2490. The standard InChI is InChI=1S/C42H44N8O9/c1-47-22-33(29-10-12-43-19-32(29)40(47)53)25-16-36(56-2)34(37(17-25)57-3)23-48-14-11-28(21-48)59-24-26-20-49(46-45-26)13-4-5-15-58-27-6-7-30-31(18-27)42(55)50(41(30)54)35-8-9-38(51)44-39(35)52/h6-7,10,12,16-20,22,28,35H,4-5,8-9,11,13-15,21,23-24H2,1-3H3,(H,44,51,52). The Morgan fingerprint density at radius 1 is 0.881 bits per heavy atom. The molecule has 17 nitrogen and oxygen atoms in total. The van der Waals surface area contributed by atoms with Crippen LogP contribution in [-0.4, -0.2) is 104 Å². The van der Waals surface area contributed by atoms with E-state index in [0.717, 1.165) is 58.6 Å². The van der Waals surface area contributed by atoms with Crippen molar-refractivity contribution in [3.63, 3.8) is 0 Å². The zero-order valence-electron chi connectivity index (χ0n) is 33.0. The highest BCUT2D eigenvalue weighted by Gasteiger charge is 2.44. The van der Waals surface area contributed by atoms with Crippen molar-refractivity contribution in [2.75, 3.05) is 33.9 Å². The number of carbonyl (C=O) groups is 4. The summed E-state index contributed by atoms with van der Waals surface area (Å²) in [6.07, 6.45) is 9.50. The molecule has 0 spiro atoms. The number of hydrogen-bond donors (Lipinski definition) is 1. The van der Waals surface area contributed by atoms with Crippen molar-refractivity contribution in [2.24, 2.45) is 7.05 Å². The van der Waals surface area contributed by atoms with Gasteiger partial charge in [0, 0.05) is 63.8 Å². The van der Waals surface area contributed by atoms with Gasteiger partial charge >= 0.3 is 0 Å². The SMILES string of the molecule is COc1cc(-c2cn(C)c(=O)c3cnccc23)cc(OC)c1CN1CCC(OCc2cn(CCCCOc3ccc4c(c3)C(=O)N(C3CCC(=O)NC3=O)C4=O)nn2)C1. The molecule has 1 N–H and O–H groups in total. The maximum absolute atomic E-state index is 13.1. The summed E-state index contributed by atoms with van der Waals surface area (Å²) in [6.45, 7) is 3.53. The number of unbranched alkanes of at least 4 members (excludes halogenated alkanes) is 1. The highest BCUT2D eigenvalue weighted by Crippen LogP contribution is 2.38. The number of rotatable bonds is 15. The van der Waals surface area contributed by atoms with E-state index in [1.54, 1.807) is 49.0 Å². The molecule has 0 bridgehead atoms. The van der Waals surface area contributed by atoms with Gasteiger partial charge in [0.15, 0.2) is 0 Å². The first-order valence-electron chi connectivity index (χ1n) is 19.5. The van der Waals surface area contributed by atoms with Crippen LogP contribution < -0.4 is 25.1 Å². The molecule has 3 aliphatic heterocycles. The van der Waals surface area contributed by atoms with Gasteiger partial charge in [-0.3, -0.25) is 48.8 Å². The summed E-state index contributed by atoms with van der Waals surface area (Å²) in [5, 5.41) is 12.1. The summed E-state index contributed by atoms with van der Waals surface area (Å²) < 4.78 is 27.3. The van der Waals surface area contributed by atoms with Crippen LogP contribution in [0, 0.1) is 0 Å². The first-order valence-corrected chi connectivity index (χ1v) is 19.5. The number of nitrogens with zero attached hydrogens (tertiary/aromatic N) is 7. The zero-order chi connectivity index (χ0) is 41.2. The molecule has 6 heterocycles. The molecule has 3 aromatic heterocycles. The number of fused-ring (bicyclic) bond motifs is 2. The van der Waals surface area contributed by atoms with Gasteiger partial charge in [0.1, 0.15) is 29.0 Å². The number of pyridine rings is 2. The second kappa shape index (κ2) is 16.8. The molecule has 3 aliphatic rings. The largest absolute Gasteiger partial charge is 0.496 e. The van der Waals surface area contributed by atoms with Crippen LogP contribution in [0.25, 0.3) is 21.9 Å². The predicted molar refractivity (Wildman–Crippen MR) is 212 cm³/mol. The van der Waals surface area contributed by atoms with E-state index < -0.39 is 29.7 Å². The van der Waals surface area contributed by atoms with E-state index in [1.165, 1.54) is 12.1 Å². The maximum Gasteiger partial charge on any atom is 0.262 e. The third kappa shape index (κ3) is 8.03. The van der Waals surface area contributed by atoms with E-state index in [2.05, 4.69) is 25.5 Å². The second-order valence-corrected chi connectivity index (χ2v) is 14.9. The fourth-order valence-corrected chi connectivity index (χ4v) is 7.96. The van der Waals surface area contributed by atoms with Gasteiger partial charge < -0.3 is 23.5 Å². The minimum atomic E-state index is -1.01. The maximum atomic E-state index is 13.1. The van der Waals surface area contributed by atoms with Gasteiger partial charge in [-0.25, -0.2) is 0 Å². The molecule has 4 amide bonds. The molecule has 2 fully saturated rings. The van der Waals surface area contributed by atoms with Crippen LogP contribution in [0.3, 0.4) is 0 Å². The van der Waals surface area contributed by atoms with Crippen LogP contribution in [0.1, 0.15) is 64.1 Å². The molecule has 2 unspecified atom stereocenters. The van der Waals surface area contributed by atoms with Crippen molar-refractivity contribution in [3.05, 3.63) is 93.9 Å². The van der Waals surface area contributed by atoms with Crippen LogP contribution in [-0.2, 0) is 41.1 Å². The fraction of sp³-hybridized carbons (Fsp3) is 0.381. The molecule has 2 saturated heterocycles. The first kappa shape index (κ1) is 39.4. The third-order valence-electron chi connectivity index (χ3n) is 11.0. The minimum Gasteiger partial charge on any atom is -0.496 e. The number of methoxy groups -OCH3 is 2. The lowest BCUT2D eigenvalue weighted by molar-refractivity contribution is -0.136. The molecule has 2 aromatic carbocycles. The number of nitrogens with one attached hydrogen (secondary N) is 1. The first-order chi connectivity index (χ1) is 28.6. The molecule has 17 heteroatoms. The summed E-state index contributed by atoms with van der Waals surface area (Å²) >= 11 is 0. The average Bonchev–Trinajstić information content (AvgIpc) is 3.96. The van der Waals surface area contributed by atoms with Crippen molar-refractivity contribution < 1.29 is 38.1 Å². The van der Waals surface area contributed by atoms with Crippen molar-refractivity contribution >= 4 is 34.4 Å². The Morgan fingerprint density at radius 2 is 1.68 bits per heavy atom. The van der Waals surface area contributed by atoms with E-state index in [-0.39, 0.29) is 35.6 Å². The molecule has 8 rings (SSSR count). The van der Waals surface area contributed by atoms with Crippen molar-refractivity contribution in [1.82, 2.24) is 39.7 Å². The number of hydrogen-bond acceptors (Lipinski definition) is 13. The Hall–Kier alpha value is -6.46. The quantitative estimate of drug-likeness (QED) is 0.120. The number of imide groups is 2. The number of benzene rings is 2. The van der Waals surface area contributed by atoms with E-state index in [9.17, 15) is 24.0 Å². The summed E-state index contributed by atoms with van der Waals surface area (Å²) in [5.41, 5.74) is 3.70. The van der Waals surface area contributed by atoms with Crippen LogP contribution in [0.15, 0.2) is 66.0 Å². The Balaban J connectivity index is 0.794. The number of aromatic nitrogens is 5. The van der Waals surface area contributed by atoms with Crippen LogP contribution in [0.5, 0.6) is 17.2 Å². The highest BCUT2D eigenvalue weighted by atomic mass is 16.5. The van der Waals surface area contributed by atoms with Gasteiger partial charge in [0.2, 0.25) is 11.8 Å². The number of ether oxygens (including phenoxy) is 4.